The lowest BCUT2D eigenvalue weighted by Gasteiger charge is -2.30. The van der Waals surface area contributed by atoms with E-state index in [-0.39, 0.29) is 66.7 Å². The number of alkyl carbamates (subject to hydrolysis) is 1. The first-order chi connectivity index (χ1) is 23.3. The van der Waals surface area contributed by atoms with Gasteiger partial charge in [-0.25, -0.2) is 19.2 Å². The molecule has 2 fully saturated rings. The molecular formula is C37H41Cl3FN7O3. The third-order valence-corrected chi connectivity index (χ3v) is 8.76. The molecule has 2 saturated heterocycles. The Hall–Kier alpha value is -4.52. The van der Waals surface area contributed by atoms with Crippen LogP contribution in [0.25, 0.3) is 22.4 Å². The standard InChI is InChI=1S/C37H38FN7O3.3ClH/c1-23(2)33(44-37(47)48-3)36(46)45-18-10-16-32(45)35-41-22-31(43-35)25-19-28(24-11-5-4-6-12-24)27(29(38)20-25)14-8-7-13-26-21-40-34(42-26)30-15-9-17-39-30;;;/h4-6,11-12,19-23,30,32-33,39H,9-10,15-18H2,1-3H3,(H,40,42)(H,41,43)(H,44,47);3*1H/t30?,32?,33-;;;/m0.../s1. The van der Waals surface area contributed by atoms with Crippen LogP contribution in [-0.2, 0) is 9.53 Å². The largest absolute Gasteiger partial charge is 0.453 e. The summed E-state index contributed by atoms with van der Waals surface area (Å²) in [6.45, 7) is 5.26. The van der Waals surface area contributed by atoms with Crippen molar-refractivity contribution in [3.63, 3.8) is 0 Å². The number of nitrogens with zero attached hydrogens (tertiary/aromatic N) is 3. The van der Waals surface area contributed by atoms with Crippen molar-refractivity contribution in [2.45, 2.75) is 57.7 Å². The first kappa shape index (κ1) is 40.9. The molecule has 270 valence electrons. The molecule has 10 nitrogen and oxygen atoms in total. The van der Waals surface area contributed by atoms with Crippen LogP contribution in [0.2, 0.25) is 0 Å². The van der Waals surface area contributed by atoms with E-state index in [9.17, 15) is 9.59 Å². The fourth-order valence-corrected chi connectivity index (χ4v) is 6.27. The minimum atomic E-state index is -0.737. The Bertz CT molecular complexity index is 1920. The fourth-order valence-electron chi connectivity index (χ4n) is 6.27. The molecule has 0 saturated carbocycles. The van der Waals surface area contributed by atoms with Gasteiger partial charge in [-0.05, 0) is 79.5 Å². The van der Waals surface area contributed by atoms with Gasteiger partial charge in [0.2, 0.25) is 5.91 Å². The van der Waals surface area contributed by atoms with Gasteiger partial charge in [-0.2, -0.15) is 0 Å². The minimum Gasteiger partial charge on any atom is -0.453 e. The van der Waals surface area contributed by atoms with Crippen LogP contribution in [0.5, 0.6) is 0 Å². The van der Waals surface area contributed by atoms with Crippen LogP contribution >= 0.6 is 37.2 Å². The van der Waals surface area contributed by atoms with Gasteiger partial charge in [0.05, 0.1) is 42.8 Å². The molecule has 2 aromatic heterocycles. The number of aromatic nitrogens is 4. The van der Waals surface area contributed by atoms with Crippen molar-refractivity contribution in [1.82, 2.24) is 35.5 Å². The molecule has 0 radical (unpaired) electrons. The van der Waals surface area contributed by atoms with E-state index < -0.39 is 18.0 Å². The second kappa shape index (κ2) is 18.6. The number of hydrogen-bond acceptors (Lipinski definition) is 6. The lowest BCUT2D eigenvalue weighted by atomic mass is 9.96. The number of imidazole rings is 2. The molecule has 0 bridgehead atoms. The van der Waals surface area contributed by atoms with Crippen molar-refractivity contribution in [2.75, 3.05) is 20.2 Å². The van der Waals surface area contributed by atoms with E-state index in [1.165, 1.54) is 13.2 Å². The van der Waals surface area contributed by atoms with Gasteiger partial charge in [0.1, 0.15) is 29.2 Å². The molecule has 3 atom stereocenters. The summed E-state index contributed by atoms with van der Waals surface area (Å²) in [7, 11) is 1.27. The maximum atomic E-state index is 15.9. The first-order valence-corrected chi connectivity index (χ1v) is 16.2. The molecule has 51 heavy (non-hydrogen) atoms. The zero-order valence-corrected chi connectivity index (χ0v) is 30.9. The van der Waals surface area contributed by atoms with Gasteiger partial charge in [-0.15, -0.1) is 37.2 Å². The van der Waals surface area contributed by atoms with Crippen LogP contribution in [0.1, 0.15) is 74.5 Å². The predicted octanol–water partition coefficient (Wildman–Crippen LogP) is 6.74. The van der Waals surface area contributed by atoms with Crippen molar-refractivity contribution >= 4 is 49.2 Å². The average molecular weight is 757 g/mol. The van der Waals surface area contributed by atoms with Crippen molar-refractivity contribution < 1.29 is 18.7 Å². The highest BCUT2D eigenvalue weighted by Crippen LogP contribution is 2.35. The molecule has 4 aromatic rings. The van der Waals surface area contributed by atoms with E-state index in [0.717, 1.165) is 37.2 Å². The molecule has 2 aliphatic rings. The van der Waals surface area contributed by atoms with Gasteiger partial charge >= 0.3 is 6.09 Å². The summed E-state index contributed by atoms with van der Waals surface area (Å²) >= 11 is 0. The van der Waals surface area contributed by atoms with Crippen molar-refractivity contribution in [3.8, 4) is 46.1 Å². The topological polar surface area (TPSA) is 128 Å². The number of aromatic amines is 2. The smallest absolute Gasteiger partial charge is 0.407 e. The number of halogens is 4. The second-order valence-electron chi connectivity index (χ2n) is 12.3. The van der Waals surface area contributed by atoms with E-state index >= 15 is 4.39 Å². The Morgan fingerprint density at radius 2 is 1.71 bits per heavy atom. The lowest BCUT2D eigenvalue weighted by molar-refractivity contribution is -0.135. The molecular weight excluding hydrogens is 716 g/mol. The van der Waals surface area contributed by atoms with Crippen molar-refractivity contribution in [3.05, 3.63) is 83.6 Å². The fraction of sp³-hybridized carbons (Fsp3) is 0.351. The Kier molecular flexibility index (Phi) is 15.0. The highest BCUT2D eigenvalue weighted by atomic mass is 35.5. The third-order valence-electron chi connectivity index (χ3n) is 8.76. The summed E-state index contributed by atoms with van der Waals surface area (Å²) in [5, 5.41) is 6.07. The molecule has 2 aliphatic heterocycles. The predicted molar refractivity (Wildman–Crippen MR) is 201 cm³/mol. The van der Waals surface area contributed by atoms with Gasteiger partial charge in [-0.1, -0.05) is 44.2 Å². The Labute approximate surface area is 315 Å². The summed E-state index contributed by atoms with van der Waals surface area (Å²) in [4.78, 5) is 42.9. The zero-order valence-electron chi connectivity index (χ0n) is 28.4. The van der Waals surface area contributed by atoms with Crippen LogP contribution in [0.3, 0.4) is 0 Å². The van der Waals surface area contributed by atoms with Crippen LogP contribution in [0, 0.1) is 35.4 Å². The highest BCUT2D eigenvalue weighted by molar-refractivity contribution is 5.87. The molecule has 4 heterocycles. The normalized spacial score (nSPS) is 16.7. The molecule has 4 N–H and O–H groups in total. The molecule has 14 heteroatoms. The van der Waals surface area contributed by atoms with Gasteiger partial charge < -0.3 is 30.2 Å². The van der Waals surface area contributed by atoms with E-state index in [0.29, 0.717) is 41.3 Å². The summed E-state index contributed by atoms with van der Waals surface area (Å²) in [5.74, 6) is 12.2. The van der Waals surface area contributed by atoms with Gasteiger partial charge in [0.25, 0.3) is 0 Å². The number of likely N-dealkylation sites (tertiary alicyclic amines) is 1. The summed E-state index contributed by atoms with van der Waals surface area (Å²) in [6, 6.07) is 12.0. The van der Waals surface area contributed by atoms with Crippen LogP contribution in [-0.4, -0.2) is 63.1 Å². The highest BCUT2D eigenvalue weighted by Gasteiger charge is 2.37. The maximum absolute atomic E-state index is 15.9. The van der Waals surface area contributed by atoms with E-state index in [1.807, 2.05) is 50.2 Å². The minimum absolute atomic E-state index is 0. The summed E-state index contributed by atoms with van der Waals surface area (Å²) in [6.07, 6.45) is 6.34. The SMILES string of the molecule is COC(=O)N[C@H](C(=O)N1CCCC1c1ncc(-c2cc(F)c(C#CC#Cc3cnc(C4CCCN4)[nH]3)c(-c3ccccc3)c2)[nH]1)C(C)C.Cl.Cl.Cl. The number of ether oxygens (including phenoxy) is 1. The number of rotatable bonds is 7. The molecule has 0 aliphatic carbocycles. The summed E-state index contributed by atoms with van der Waals surface area (Å²) in [5.41, 5.74) is 3.53. The van der Waals surface area contributed by atoms with Crippen LogP contribution < -0.4 is 10.6 Å². The summed E-state index contributed by atoms with van der Waals surface area (Å²) < 4.78 is 20.6. The molecule has 2 unspecified atom stereocenters. The van der Waals surface area contributed by atoms with Gasteiger partial charge in [0, 0.05) is 17.7 Å². The third kappa shape index (κ3) is 9.43. The average Bonchev–Trinajstić information content (AvgIpc) is 3.93. The maximum Gasteiger partial charge on any atom is 0.407 e. The number of hydrogen-bond donors (Lipinski definition) is 4. The Morgan fingerprint density at radius 3 is 2.41 bits per heavy atom. The van der Waals surface area contributed by atoms with Gasteiger partial charge in [-0.3, -0.25) is 4.79 Å². The van der Waals surface area contributed by atoms with Crippen molar-refractivity contribution in [1.29, 1.82) is 0 Å². The Morgan fingerprint density at radius 1 is 0.961 bits per heavy atom. The van der Waals surface area contributed by atoms with Crippen LogP contribution in [0.4, 0.5) is 9.18 Å². The number of nitrogens with one attached hydrogen (secondary N) is 4. The number of methoxy groups -OCH3 is 1. The number of benzene rings is 2. The molecule has 0 spiro atoms. The number of carbonyl (C=O) groups is 2. The van der Waals surface area contributed by atoms with E-state index in [1.54, 1.807) is 17.3 Å². The van der Waals surface area contributed by atoms with E-state index in [4.69, 9.17) is 4.74 Å². The number of H-pyrrole nitrogens is 2. The number of amides is 2. The Balaban J connectivity index is 0.00000234. The van der Waals surface area contributed by atoms with E-state index in [2.05, 4.69) is 54.3 Å². The van der Waals surface area contributed by atoms with Crippen LogP contribution in [0.15, 0.2) is 54.9 Å². The number of carbonyl (C=O) groups excluding carboxylic acids is 2. The molecule has 2 amide bonds. The second-order valence-corrected chi connectivity index (χ2v) is 12.3. The lowest BCUT2D eigenvalue weighted by Crippen LogP contribution is -2.51. The monoisotopic (exact) mass is 755 g/mol. The van der Waals surface area contributed by atoms with Crippen molar-refractivity contribution in [2.24, 2.45) is 5.92 Å². The quantitative estimate of drug-likeness (QED) is 0.155. The zero-order chi connectivity index (χ0) is 33.6. The molecule has 2 aromatic carbocycles. The molecule has 6 rings (SSSR count). The first-order valence-electron chi connectivity index (χ1n) is 16.2. The van der Waals surface area contributed by atoms with Gasteiger partial charge in [0.15, 0.2) is 0 Å².